The monoisotopic (exact) mass is 408 g/mol. The Labute approximate surface area is 166 Å². The molecule has 1 fully saturated rings. The van der Waals surface area contributed by atoms with Gasteiger partial charge in [-0.25, -0.2) is 8.42 Å². The summed E-state index contributed by atoms with van der Waals surface area (Å²) in [5.41, 5.74) is 2.42. The molecule has 0 atom stereocenters. The molecule has 0 spiro atoms. The average molecular weight is 409 g/mol. The lowest BCUT2D eigenvalue weighted by Gasteiger charge is -2.30. The molecule has 1 N–H and O–H groups in total. The molecule has 1 saturated heterocycles. The second kappa shape index (κ2) is 8.50. The highest BCUT2D eigenvalue weighted by molar-refractivity contribution is 7.92. The first kappa shape index (κ1) is 20.0. The third-order valence-electron chi connectivity index (χ3n) is 4.43. The number of hydrogen-bond donors (Lipinski definition) is 1. The van der Waals surface area contributed by atoms with Crippen LogP contribution >= 0.6 is 11.6 Å². The normalized spacial score (nSPS) is 15.2. The molecular weight excluding hydrogens is 384 g/mol. The van der Waals surface area contributed by atoms with Crippen LogP contribution in [-0.4, -0.2) is 34.7 Å². The van der Waals surface area contributed by atoms with E-state index in [2.05, 4.69) is 23.5 Å². The van der Waals surface area contributed by atoms with Gasteiger partial charge in [-0.3, -0.25) is 4.72 Å². The summed E-state index contributed by atoms with van der Waals surface area (Å²) in [6.07, 6.45) is 0.920. The van der Waals surface area contributed by atoms with Crippen LogP contribution in [0, 0.1) is 5.92 Å². The summed E-state index contributed by atoms with van der Waals surface area (Å²) < 4.78 is 33.9. The van der Waals surface area contributed by atoms with Crippen LogP contribution in [0.25, 0.3) is 0 Å². The van der Waals surface area contributed by atoms with Gasteiger partial charge in [-0.15, -0.1) is 0 Å². The summed E-state index contributed by atoms with van der Waals surface area (Å²) >= 11 is 6.12. The molecule has 146 valence electrons. The van der Waals surface area contributed by atoms with Crippen LogP contribution in [0.1, 0.15) is 19.4 Å². The quantitative estimate of drug-likeness (QED) is 0.779. The van der Waals surface area contributed by atoms with Crippen LogP contribution in [0.15, 0.2) is 47.4 Å². The highest BCUT2D eigenvalue weighted by Crippen LogP contribution is 2.31. The molecule has 0 bridgehead atoms. The van der Waals surface area contributed by atoms with Crippen molar-refractivity contribution >= 4 is 33.0 Å². The number of ether oxygens (including phenoxy) is 1. The van der Waals surface area contributed by atoms with Crippen LogP contribution in [-0.2, 0) is 21.2 Å². The van der Waals surface area contributed by atoms with Crippen molar-refractivity contribution in [2.24, 2.45) is 5.92 Å². The smallest absolute Gasteiger partial charge is 0.261 e. The topological polar surface area (TPSA) is 58.6 Å². The summed E-state index contributed by atoms with van der Waals surface area (Å²) in [6, 6.07) is 12.3. The Balaban J connectivity index is 1.85. The molecule has 5 nitrogen and oxygen atoms in total. The second-order valence-corrected chi connectivity index (χ2v) is 9.23. The van der Waals surface area contributed by atoms with E-state index in [0.717, 1.165) is 17.7 Å². The molecule has 0 unspecified atom stereocenters. The Morgan fingerprint density at radius 2 is 1.78 bits per heavy atom. The predicted molar refractivity (Wildman–Crippen MR) is 110 cm³/mol. The van der Waals surface area contributed by atoms with Gasteiger partial charge in [-0.05, 0) is 48.2 Å². The fourth-order valence-electron chi connectivity index (χ4n) is 3.15. The van der Waals surface area contributed by atoms with Gasteiger partial charge in [0.2, 0.25) is 0 Å². The molecule has 1 aliphatic rings. The minimum atomic E-state index is -3.70. The maximum Gasteiger partial charge on any atom is 0.261 e. The third-order valence-corrected chi connectivity index (χ3v) is 6.05. The van der Waals surface area contributed by atoms with Crippen LogP contribution in [0.4, 0.5) is 11.4 Å². The maximum atomic E-state index is 12.9. The van der Waals surface area contributed by atoms with E-state index in [1.165, 1.54) is 0 Å². The largest absolute Gasteiger partial charge is 0.378 e. The minimum Gasteiger partial charge on any atom is -0.378 e. The number of rotatable bonds is 6. The van der Waals surface area contributed by atoms with E-state index in [-0.39, 0.29) is 4.90 Å². The van der Waals surface area contributed by atoms with Gasteiger partial charge in [0.15, 0.2) is 0 Å². The summed E-state index contributed by atoms with van der Waals surface area (Å²) in [4.78, 5) is 2.34. The lowest BCUT2D eigenvalue weighted by Crippen LogP contribution is -2.36. The van der Waals surface area contributed by atoms with Crippen molar-refractivity contribution in [3.8, 4) is 0 Å². The van der Waals surface area contributed by atoms with Gasteiger partial charge >= 0.3 is 0 Å². The number of nitrogens with zero attached hydrogens (tertiary/aromatic N) is 1. The first-order valence-corrected chi connectivity index (χ1v) is 11.0. The number of nitrogens with one attached hydrogen (secondary N) is 1. The molecule has 0 amide bonds. The zero-order valence-corrected chi connectivity index (χ0v) is 17.2. The number of hydrogen-bond acceptors (Lipinski definition) is 4. The zero-order valence-electron chi connectivity index (χ0n) is 15.6. The van der Waals surface area contributed by atoms with Gasteiger partial charge < -0.3 is 9.64 Å². The Bertz CT molecular complexity index is 877. The van der Waals surface area contributed by atoms with Crippen molar-refractivity contribution in [3.63, 3.8) is 0 Å². The van der Waals surface area contributed by atoms with Crippen LogP contribution in [0.3, 0.4) is 0 Å². The van der Waals surface area contributed by atoms with Crippen LogP contribution < -0.4 is 9.62 Å². The Hall–Kier alpha value is -1.76. The second-order valence-electron chi connectivity index (χ2n) is 7.11. The first-order chi connectivity index (χ1) is 12.8. The molecule has 2 aromatic carbocycles. The molecule has 0 radical (unpaired) electrons. The molecular formula is C20H25ClN2O3S. The van der Waals surface area contributed by atoms with Crippen molar-refractivity contribution in [3.05, 3.63) is 53.1 Å². The maximum absolute atomic E-state index is 12.9. The first-order valence-electron chi connectivity index (χ1n) is 9.09. The van der Waals surface area contributed by atoms with Crippen molar-refractivity contribution in [2.75, 3.05) is 35.9 Å². The lowest BCUT2D eigenvalue weighted by molar-refractivity contribution is 0.123. The molecule has 0 saturated carbocycles. The highest BCUT2D eigenvalue weighted by atomic mass is 35.5. The fraction of sp³-hybridized carbons (Fsp3) is 0.400. The molecule has 1 heterocycles. The van der Waals surface area contributed by atoms with E-state index < -0.39 is 10.0 Å². The van der Waals surface area contributed by atoms with Gasteiger partial charge in [0.05, 0.1) is 29.5 Å². The summed E-state index contributed by atoms with van der Waals surface area (Å²) in [5, 5.41) is 0.483. The lowest BCUT2D eigenvalue weighted by atomic mass is 10.0. The van der Waals surface area contributed by atoms with Crippen molar-refractivity contribution in [2.45, 2.75) is 25.2 Å². The summed E-state index contributed by atoms with van der Waals surface area (Å²) in [7, 11) is -3.70. The number of benzene rings is 2. The van der Waals surface area contributed by atoms with Crippen LogP contribution in [0.5, 0.6) is 0 Å². The average Bonchev–Trinajstić information content (AvgIpc) is 2.62. The molecule has 1 aliphatic heterocycles. The van der Waals surface area contributed by atoms with E-state index in [1.54, 1.807) is 24.3 Å². The number of sulfonamides is 1. The van der Waals surface area contributed by atoms with E-state index in [4.69, 9.17) is 16.3 Å². The SMILES string of the molecule is CC(C)Cc1ccc(S(=O)(=O)Nc2cc(Cl)ccc2N2CCOCC2)cc1. The van der Waals surface area contributed by atoms with Gasteiger partial charge in [0.25, 0.3) is 10.0 Å². The Kier molecular flexibility index (Phi) is 6.29. The standard InChI is InChI=1S/C20H25ClN2O3S/c1-15(2)13-16-3-6-18(7-4-16)27(24,25)22-19-14-17(21)5-8-20(19)23-9-11-26-12-10-23/h3-8,14-15,22H,9-13H2,1-2H3. The molecule has 27 heavy (non-hydrogen) atoms. The summed E-state index contributed by atoms with van der Waals surface area (Å²) in [6.45, 7) is 6.93. The molecule has 7 heteroatoms. The fourth-order valence-corrected chi connectivity index (χ4v) is 4.39. The van der Waals surface area contributed by atoms with Gasteiger partial charge in [-0.2, -0.15) is 0 Å². The number of anilines is 2. The van der Waals surface area contributed by atoms with E-state index in [9.17, 15) is 8.42 Å². The Morgan fingerprint density at radius 1 is 1.11 bits per heavy atom. The molecule has 0 aliphatic carbocycles. The predicted octanol–water partition coefficient (Wildman–Crippen LogP) is 4.18. The van der Waals surface area contributed by atoms with Crippen molar-refractivity contribution < 1.29 is 13.2 Å². The van der Waals surface area contributed by atoms with Crippen molar-refractivity contribution in [1.82, 2.24) is 0 Å². The highest BCUT2D eigenvalue weighted by Gasteiger charge is 2.20. The number of morpholine rings is 1. The van der Waals surface area contributed by atoms with Gasteiger partial charge in [0, 0.05) is 18.1 Å². The summed E-state index contributed by atoms with van der Waals surface area (Å²) in [5.74, 6) is 0.521. The third kappa shape index (κ3) is 5.15. The van der Waals surface area contributed by atoms with E-state index >= 15 is 0 Å². The van der Waals surface area contributed by atoms with E-state index in [0.29, 0.717) is 42.9 Å². The number of halogens is 1. The van der Waals surface area contributed by atoms with Gasteiger partial charge in [0.1, 0.15) is 0 Å². The zero-order chi connectivity index (χ0) is 19.4. The Morgan fingerprint density at radius 3 is 2.41 bits per heavy atom. The molecule has 0 aromatic heterocycles. The molecule has 3 rings (SSSR count). The van der Waals surface area contributed by atoms with Crippen LogP contribution in [0.2, 0.25) is 5.02 Å². The molecule has 2 aromatic rings. The minimum absolute atomic E-state index is 0.239. The van der Waals surface area contributed by atoms with Crippen molar-refractivity contribution in [1.29, 1.82) is 0 Å². The van der Waals surface area contributed by atoms with Gasteiger partial charge in [-0.1, -0.05) is 37.6 Å². The van der Waals surface area contributed by atoms with E-state index in [1.807, 2.05) is 18.2 Å².